The molecule has 0 unspecified atom stereocenters. The molecule has 1 aromatic rings. The zero-order valence-corrected chi connectivity index (χ0v) is 11.3. The molecule has 0 atom stereocenters. The van der Waals surface area contributed by atoms with Crippen LogP contribution >= 0.6 is 0 Å². The fourth-order valence-electron chi connectivity index (χ4n) is 3.01. The number of aromatic hydroxyl groups is 1. The molecule has 0 heterocycles. The van der Waals surface area contributed by atoms with Gasteiger partial charge in [-0.1, -0.05) is 39.2 Å². The van der Waals surface area contributed by atoms with E-state index in [1.54, 1.807) is 0 Å². The Morgan fingerprint density at radius 1 is 1.12 bits per heavy atom. The van der Waals surface area contributed by atoms with Crippen LogP contribution in [0.15, 0.2) is 12.1 Å². The van der Waals surface area contributed by atoms with Crippen molar-refractivity contribution >= 4 is 0 Å². The molecule has 1 nitrogen and oxygen atoms in total. The van der Waals surface area contributed by atoms with E-state index in [0.717, 1.165) is 5.56 Å². The first-order chi connectivity index (χ1) is 8.09. The van der Waals surface area contributed by atoms with E-state index in [4.69, 9.17) is 0 Å². The van der Waals surface area contributed by atoms with Gasteiger partial charge < -0.3 is 5.11 Å². The fourth-order valence-corrected chi connectivity index (χ4v) is 3.01. The molecule has 1 aliphatic rings. The maximum absolute atomic E-state index is 10.1. The molecule has 0 spiro atoms. The number of benzene rings is 1. The first-order valence-electron chi connectivity index (χ1n) is 6.93. The molecule has 0 amide bonds. The van der Waals surface area contributed by atoms with E-state index >= 15 is 0 Å². The maximum atomic E-state index is 10.1. The molecule has 1 fully saturated rings. The summed E-state index contributed by atoms with van der Waals surface area (Å²) in [6.45, 7) is 6.42. The molecule has 1 N–H and O–H groups in total. The van der Waals surface area contributed by atoms with Crippen molar-refractivity contribution < 1.29 is 5.11 Å². The minimum atomic E-state index is 0.483. The van der Waals surface area contributed by atoms with Gasteiger partial charge in [0.05, 0.1) is 0 Å². The van der Waals surface area contributed by atoms with E-state index in [1.165, 1.54) is 43.2 Å². The monoisotopic (exact) mass is 232 g/mol. The third-order valence-electron chi connectivity index (χ3n) is 4.14. The van der Waals surface area contributed by atoms with Crippen molar-refractivity contribution in [1.29, 1.82) is 0 Å². The summed E-state index contributed by atoms with van der Waals surface area (Å²) >= 11 is 0. The minimum Gasteiger partial charge on any atom is -0.508 e. The highest BCUT2D eigenvalue weighted by atomic mass is 16.3. The van der Waals surface area contributed by atoms with Crippen LogP contribution in [-0.2, 0) is 0 Å². The van der Waals surface area contributed by atoms with Gasteiger partial charge in [-0.2, -0.15) is 0 Å². The molecule has 1 saturated carbocycles. The van der Waals surface area contributed by atoms with Crippen molar-refractivity contribution in [1.82, 2.24) is 0 Å². The number of phenolic OH excluding ortho intramolecular Hbond substituents is 1. The Morgan fingerprint density at radius 2 is 1.76 bits per heavy atom. The van der Waals surface area contributed by atoms with Crippen molar-refractivity contribution in [2.24, 2.45) is 0 Å². The third kappa shape index (κ3) is 2.65. The van der Waals surface area contributed by atoms with Crippen molar-refractivity contribution in [3.05, 3.63) is 28.8 Å². The van der Waals surface area contributed by atoms with Crippen LogP contribution in [0.1, 0.15) is 74.5 Å². The molecule has 1 aliphatic carbocycles. The van der Waals surface area contributed by atoms with Crippen LogP contribution in [0.2, 0.25) is 0 Å². The molecule has 0 aromatic heterocycles. The molecule has 0 bridgehead atoms. The second-order valence-electron chi connectivity index (χ2n) is 5.74. The highest BCUT2D eigenvalue weighted by molar-refractivity contribution is 5.44. The fraction of sp³-hybridized carbons (Fsp3) is 0.625. The summed E-state index contributed by atoms with van der Waals surface area (Å²) in [7, 11) is 0. The van der Waals surface area contributed by atoms with Crippen molar-refractivity contribution in [2.75, 3.05) is 0 Å². The Kier molecular flexibility index (Phi) is 3.76. The molecule has 1 aromatic carbocycles. The lowest BCUT2D eigenvalue weighted by molar-refractivity contribution is 0.436. The van der Waals surface area contributed by atoms with E-state index in [9.17, 15) is 5.11 Å². The predicted molar refractivity (Wildman–Crippen MR) is 72.8 cm³/mol. The molecule has 0 saturated heterocycles. The van der Waals surface area contributed by atoms with Gasteiger partial charge in [-0.05, 0) is 54.4 Å². The van der Waals surface area contributed by atoms with Crippen molar-refractivity contribution in [2.45, 2.75) is 64.7 Å². The third-order valence-corrected chi connectivity index (χ3v) is 4.14. The van der Waals surface area contributed by atoms with E-state index < -0.39 is 0 Å². The second kappa shape index (κ2) is 5.12. The summed E-state index contributed by atoms with van der Waals surface area (Å²) in [4.78, 5) is 0. The number of phenols is 1. The summed E-state index contributed by atoms with van der Waals surface area (Å²) in [6.07, 6.45) is 6.65. The van der Waals surface area contributed by atoms with Crippen LogP contribution in [0, 0.1) is 6.92 Å². The van der Waals surface area contributed by atoms with Gasteiger partial charge >= 0.3 is 0 Å². The van der Waals surface area contributed by atoms with E-state index in [1.807, 2.05) is 13.0 Å². The summed E-state index contributed by atoms with van der Waals surface area (Å²) in [6, 6.07) is 4.33. The van der Waals surface area contributed by atoms with Gasteiger partial charge in [-0.15, -0.1) is 0 Å². The van der Waals surface area contributed by atoms with E-state index in [0.29, 0.717) is 17.6 Å². The predicted octanol–water partition coefficient (Wildman–Crippen LogP) is 4.87. The van der Waals surface area contributed by atoms with Gasteiger partial charge in [-0.3, -0.25) is 0 Å². The smallest absolute Gasteiger partial charge is 0.119 e. The minimum absolute atomic E-state index is 0.483. The quantitative estimate of drug-likeness (QED) is 0.771. The first-order valence-corrected chi connectivity index (χ1v) is 6.93. The Morgan fingerprint density at radius 3 is 2.35 bits per heavy atom. The summed E-state index contributed by atoms with van der Waals surface area (Å²) in [5.74, 6) is 1.65. The van der Waals surface area contributed by atoms with Crippen LogP contribution in [0.5, 0.6) is 5.75 Å². The highest BCUT2D eigenvalue weighted by Gasteiger charge is 2.18. The lowest BCUT2D eigenvalue weighted by Crippen LogP contribution is -2.06. The summed E-state index contributed by atoms with van der Waals surface area (Å²) < 4.78 is 0. The average molecular weight is 232 g/mol. The maximum Gasteiger partial charge on any atom is 0.119 e. The average Bonchev–Trinajstić information content (AvgIpc) is 2.33. The van der Waals surface area contributed by atoms with E-state index in [2.05, 4.69) is 19.9 Å². The Bertz CT molecular complexity index is 387. The van der Waals surface area contributed by atoms with Gasteiger partial charge in [0.1, 0.15) is 5.75 Å². The zero-order chi connectivity index (χ0) is 12.4. The number of hydrogen-bond acceptors (Lipinski definition) is 1. The lowest BCUT2D eigenvalue weighted by atomic mass is 9.82. The lowest BCUT2D eigenvalue weighted by Gasteiger charge is -2.24. The normalized spacial score (nSPS) is 17.6. The largest absolute Gasteiger partial charge is 0.508 e. The molecular formula is C16H24O. The van der Waals surface area contributed by atoms with Gasteiger partial charge in [-0.25, -0.2) is 0 Å². The van der Waals surface area contributed by atoms with Crippen LogP contribution in [0.3, 0.4) is 0 Å². The number of hydrogen-bond donors (Lipinski definition) is 1. The standard InChI is InChI=1S/C16H24O/c1-11(2)15-9-14(10-16(17)12(15)3)13-7-5-4-6-8-13/h9-11,13,17H,4-8H2,1-3H3. The Labute approximate surface area is 105 Å². The van der Waals surface area contributed by atoms with Gasteiger partial charge in [0, 0.05) is 0 Å². The van der Waals surface area contributed by atoms with Gasteiger partial charge in [0.2, 0.25) is 0 Å². The molecule has 0 radical (unpaired) electrons. The zero-order valence-electron chi connectivity index (χ0n) is 11.3. The molecule has 2 rings (SSSR count). The topological polar surface area (TPSA) is 20.2 Å². The molecule has 17 heavy (non-hydrogen) atoms. The molecule has 1 heteroatoms. The van der Waals surface area contributed by atoms with Crippen LogP contribution < -0.4 is 0 Å². The van der Waals surface area contributed by atoms with Crippen LogP contribution in [0.4, 0.5) is 0 Å². The summed E-state index contributed by atoms with van der Waals surface area (Å²) in [5, 5.41) is 10.1. The Hall–Kier alpha value is -0.980. The van der Waals surface area contributed by atoms with Crippen LogP contribution in [0.25, 0.3) is 0 Å². The van der Waals surface area contributed by atoms with Crippen molar-refractivity contribution in [3.8, 4) is 5.75 Å². The van der Waals surface area contributed by atoms with Crippen LogP contribution in [-0.4, -0.2) is 5.11 Å². The number of rotatable bonds is 2. The van der Waals surface area contributed by atoms with Crippen molar-refractivity contribution in [3.63, 3.8) is 0 Å². The SMILES string of the molecule is Cc1c(O)cc(C2CCCCC2)cc1C(C)C. The van der Waals surface area contributed by atoms with Gasteiger partial charge in [0.15, 0.2) is 0 Å². The summed E-state index contributed by atoms with van der Waals surface area (Å²) in [5.41, 5.74) is 3.72. The van der Waals surface area contributed by atoms with E-state index in [-0.39, 0.29) is 0 Å². The highest BCUT2D eigenvalue weighted by Crippen LogP contribution is 2.37. The first kappa shape index (κ1) is 12.5. The molecule has 0 aliphatic heterocycles. The van der Waals surface area contributed by atoms with Gasteiger partial charge in [0.25, 0.3) is 0 Å². The molecular weight excluding hydrogens is 208 g/mol. The second-order valence-corrected chi connectivity index (χ2v) is 5.74. The molecule has 94 valence electrons. The Balaban J connectivity index is 2.34.